The van der Waals surface area contributed by atoms with Crippen LogP contribution in [-0.2, 0) is 11.2 Å². The molecule has 0 saturated heterocycles. The fraction of sp³-hybridized carbons (Fsp3) is 0.417. The third-order valence-corrected chi connectivity index (χ3v) is 3.77. The number of halogens is 1. The van der Waals surface area contributed by atoms with Crippen molar-refractivity contribution in [2.75, 3.05) is 0 Å². The number of hydrogen-bond donors (Lipinski definition) is 1. The summed E-state index contributed by atoms with van der Waals surface area (Å²) in [5.74, 6) is 0.0498. The second-order valence-corrected chi connectivity index (χ2v) is 5.10. The molecule has 0 fully saturated rings. The summed E-state index contributed by atoms with van der Waals surface area (Å²) in [4.78, 5) is 11.2. The molecule has 0 aliphatic heterocycles. The number of nitrogens with two attached hydrogens (primary N) is 1. The first-order valence-electron chi connectivity index (χ1n) is 5.17. The SMILES string of the molecule is CC(C(N)=O)[C@@H]1CCc2cc(Br)ccc21. The lowest BCUT2D eigenvalue weighted by Crippen LogP contribution is -2.25. The van der Waals surface area contributed by atoms with Gasteiger partial charge in [-0.25, -0.2) is 0 Å². The molecule has 0 bridgehead atoms. The van der Waals surface area contributed by atoms with Gasteiger partial charge in [-0.1, -0.05) is 28.9 Å². The maximum atomic E-state index is 11.2. The van der Waals surface area contributed by atoms with Gasteiger partial charge in [-0.15, -0.1) is 0 Å². The average molecular weight is 268 g/mol. The molecule has 0 aromatic heterocycles. The Morgan fingerprint density at radius 3 is 3.00 bits per heavy atom. The summed E-state index contributed by atoms with van der Waals surface area (Å²) in [5, 5.41) is 0. The molecule has 1 aliphatic carbocycles. The van der Waals surface area contributed by atoms with Crippen molar-refractivity contribution in [2.45, 2.75) is 25.7 Å². The molecule has 80 valence electrons. The second-order valence-electron chi connectivity index (χ2n) is 4.18. The molecule has 1 amide bonds. The molecular weight excluding hydrogens is 254 g/mol. The first kappa shape index (κ1) is 10.7. The summed E-state index contributed by atoms with van der Waals surface area (Å²) in [6.45, 7) is 1.92. The van der Waals surface area contributed by atoms with Crippen LogP contribution >= 0.6 is 15.9 Å². The van der Waals surface area contributed by atoms with E-state index in [-0.39, 0.29) is 11.8 Å². The van der Waals surface area contributed by atoms with E-state index in [9.17, 15) is 4.79 Å². The molecule has 0 saturated carbocycles. The van der Waals surface area contributed by atoms with E-state index in [1.807, 2.05) is 13.0 Å². The van der Waals surface area contributed by atoms with E-state index in [0.29, 0.717) is 5.92 Å². The predicted octanol–water partition coefficient (Wildman–Crippen LogP) is 2.60. The summed E-state index contributed by atoms with van der Waals surface area (Å²) in [5.41, 5.74) is 8.00. The van der Waals surface area contributed by atoms with E-state index in [0.717, 1.165) is 17.3 Å². The first-order valence-corrected chi connectivity index (χ1v) is 5.96. The Morgan fingerprint density at radius 1 is 1.60 bits per heavy atom. The smallest absolute Gasteiger partial charge is 0.220 e. The Bertz CT molecular complexity index is 403. The number of aryl methyl sites for hydroxylation is 1. The highest BCUT2D eigenvalue weighted by molar-refractivity contribution is 9.10. The van der Waals surface area contributed by atoms with E-state index in [1.165, 1.54) is 11.1 Å². The minimum atomic E-state index is -0.198. The van der Waals surface area contributed by atoms with Gasteiger partial charge in [0.25, 0.3) is 0 Å². The van der Waals surface area contributed by atoms with Gasteiger partial charge in [0, 0.05) is 10.4 Å². The van der Waals surface area contributed by atoms with Crippen molar-refractivity contribution in [2.24, 2.45) is 11.7 Å². The van der Waals surface area contributed by atoms with Crippen molar-refractivity contribution in [3.05, 3.63) is 33.8 Å². The predicted molar refractivity (Wildman–Crippen MR) is 63.6 cm³/mol. The minimum Gasteiger partial charge on any atom is -0.369 e. The van der Waals surface area contributed by atoms with Crippen LogP contribution in [0.3, 0.4) is 0 Å². The van der Waals surface area contributed by atoms with E-state index in [2.05, 4.69) is 28.1 Å². The fourth-order valence-electron chi connectivity index (χ4n) is 2.34. The van der Waals surface area contributed by atoms with Crippen LogP contribution in [0, 0.1) is 5.92 Å². The quantitative estimate of drug-likeness (QED) is 0.880. The van der Waals surface area contributed by atoms with Crippen LogP contribution in [0.4, 0.5) is 0 Å². The maximum Gasteiger partial charge on any atom is 0.220 e. The Labute approximate surface area is 98.0 Å². The topological polar surface area (TPSA) is 43.1 Å². The largest absolute Gasteiger partial charge is 0.369 e. The number of hydrogen-bond acceptors (Lipinski definition) is 1. The van der Waals surface area contributed by atoms with E-state index < -0.39 is 0 Å². The molecule has 0 radical (unpaired) electrons. The normalized spacial score (nSPS) is 21.1. The molecule has 2 rings (SSSR count). The van der Waals surface area contributed by atoms with Gasteiger partial charge in [-0.2, -0.15) is 0 Å². The Hall–Kier alpha value is -0.830. The molecule has 2 nitrogen and oxygen atoms in total. The molecule has 1 unspecified atom stereocenters. The van der Waals surface area contributed by atoms with Gasteiger partial charge in [0.2, 0.25) is 5.91 Å². The second kappa shape index (κ2) is 3.97. The summed E-state index contributed by atoms with van der Waals surface area (Å²) >= 11 is 3.46. The average Bonchev–Trinajstić information content (AvgIpc) is 2.59. The monoisotopic (exact) mass is 267 g/mol. The van der Waals surface area contributed by atoms with Gasteiger partial charge in [-0.05, 0) is 42.0 Å². The standard InChI is InChI=1S/C12H14BrNO/c1-7(12(14)15)10-4-2-8-6-9(13)3-5-11(8)10/h3,5-7,10H,2,4H2,1H3,(H2,14,15)/t7?,10-/m0/s1. The van der Waals surface area contributed by atoms with Gasteiger partial charge in [-0.3, -0.25) is 4.79 Å². The zero-order valence-electron chi connectivity index (χ0n) is 8.66. The van der Waals surface area contributed by atoms with Gasteiger partial charge < -0.3 is 5.73 Å². The van der Waals surface area contributed by atoms with Crippen LogP contribution in [0.15, 0.2) is 22.7 Å². The van der Waals surface area contributed by atoms with Gasteiger partial charge >= 0.3 is 0 Å². The molecule has 1 aromatic carbocycles. The summed E-state index contributed by atoms with van der Waals surface area (Å²) < 4.78 is 1.11. The molecule has 3 heteroatoms. The zero-order valence-corrected chi connectivity index (χ0v) is 10.3. The summed E-state index contributed by atoms with van der Waals surface area (Å²) in [6, 6.07) is 6.28. The minimum absolute atomic E-state index is 0.0626. The number of amides is 1. The molecule has 2 atom stereocenters. The van der Waals surface area contributed by atoms with Crippen LogP contribution in [0.1, 0.15) is 30.4 Å². The van der Waals surface area contributed by atoms with Crippen LogP contribution in [0.25, 0.3) is 0 Å². The lowest BCUT2D eigenvalue weighted by atomic mass is 9.88. The van der Waals surface area contributed by atoms with E-state index in [1.54, 1.807) is 0 Å². The zero-order chi connectivity index (χ0) is 11.0. The van der Waals surface area contributed by atoms with E-state index in [4.69, 9.17) is 5.73 Å². The Kier molecular flexibility index (Phi) is 2.83. The Balaban J connectivity index is 2.32. The lowest BCUT2D eigenvalue weighted by molar-refractivity contribution is -0.121. The van der Waals surface area contributed by atoms with Crippen molar-refractivity contribution < 1.29 is 4.79 Å². The van der Waals surface area contributed by atoms with Crippen LogP contribution in [0.2, 0.25) is 0 Å². The number of primary amides is 1. The van der Waals surface area contributed by atoms with Crippen LogP contribution < -0.4 is 5.73 Å². The highest BCUT2D eigenvalue weighted by Crippen LogP contribution is 2.39. The van der Waals surface area contributed by atoms with Crippen LogP contribution in [0.5, 0.6) is 0 Å². The van der Waals surface area contributed by atoms with Gasteiger partial charge in [0.15, 0.2) is 0 Å². The molecule has 1 aromatic rings. The third-order valence-electron chi connectivity index (χ3n) is 3.28. The number of carbonyl (C=O) groups excluding carboxylic acids is 1. The third kappa shape index (κ3) is 1.93. The first-order chi connectivity index (χ1) is 7.09. The number of fused-ring (bicyclic) bond motifs is 1. The van der Waals surface area contributed by atoms with Crippen molar-refractivity contribution in [3.63, 3.8) is 0 Å². The fourth-order valence-corrected chi connectivity index (χ4v) is 2.75. The van der Waals surface area contributed by atoms with Crippen LogP contribution in [-0.4, -0.2) is 5.91 Å². The van der Waals surface area contributed by atoms with Crippen molar-refractivity contribution in [1.29, 1.82) is 0 Å². The molecule has 1 aliphatic rings. The summed E-state index contributed by atoms with van der Waals surface area (Å²) in [7, 11) is 0. The molecule has 2 N–H and O–H groups in total. The maximum absolute atomic E-state index is 11.2. The van der Waals surface area contributed by atoms with Gasteiger partial charge in [0.1, 0.15) is 0 Å². The lowest BCUT2D eigenvalue weighted by Gasteiger charge is -2.16. The number of carbonyl (C=O) groups is 1. The highest BCUT2D eigenvalue weighted by Gasteiger charge is 2.29. The molecular formula is C12H14BrNO. The van der Waals surface area contributed by atoms with Gasteiger partial charge in [0.05, 0.1) is 0 Å². The number of benzene rings is 1. The Morgan fingerprint density at radius 2 is 2.33 bits per heavy atom. The highest BCUT2D eigenvalue weighted by atomic mass is 79.9. The van der Waals surface area contributed by atoms with Crippen molar-refractivity contribution in [1.82, 2.24) is 0 Å². The molecule has 15 heavy (non-hydrogen) atoms. The molecule has 0 heterocycles. The van der Waals surface area contributed by atoms with Crippen molar-refractivity contribution >= 4 is 21.8 Å². The summed E-state index contributed by atoms with van der Waals surface area (Å²) in [6.07, 6.45) is 2.09. The number of rotatable bonds is 2. The van der Waals surface area contributed by atoms with Crippen molar-refractivity contribution in [3.8, 4) is 0 Å². The van der Waals surface area contributed by atoms with E-state index >= 15 is 0 Å². The molecule has 0 spiro atoms.